The molecule has 8 heteroatoms. The van der Waals surface area contributed by atoms with Crippen LogP contribution in [0, 0.1) is 0 Å². The highest BCUT2D eigenvalue weighted by Crippen LogP contribution is 2.11. The first kappa shape index (κ1) is 53.0. The number of unbranched alkanes of at least 4 members (excludes halogenated alkanes) is 7. The average Bonchev–Trinajstić information content (AvgIpc) is 3.17. The van der Waals surface area contributed by atoms with E-state index >= 15 is 0 Å². The Hall–Kier alpha value is -4.01. The number of carboxylic acid groups (broad SMARTS) is 1. The largest absolute Gasteiger partial charge is 0.544 e. The first-order chi connectivity index (χ1) is 27.6. The Morgan fingerprint density at radius 3 is 1.58 bits per heavy atom. The lowest BCUT2D eigenvalue weighted by atomic mass is 10.1. The van der Waals surface area contributed by atoms with Gasteiger partial charge in [-0.05, 0) is 77.0 Å². The molecule has 0 radical (unpaired) electrons. The zero-order valence-corrected chi connectivity index (χ0v) is 36.2. The first-order valence-electron chi connectivity index (χ1n) is 21.5. The van der Waals surface area contributed by atoms with Gasteiger partial charge in [-0.2, -0.15) is 0 Å². The minimum absolute atomic E-state index is 0.00806. The van der Waals surface area contributed by atoms with Gasteiger partial charge in [-0.3, -0.25) is 9.59 Å². The Morgan fingerprint density at radius 1 is 0.544 bits per heavy atom. The molecule has 0 aromatic rings. The van der Waals surface area contributed by atoms with E-state index in [0.29, 0.717) is 12.8 Å². The molecule has 57 heavy (non-hydrogen) atoms. The van der Waals surface area contributed by atoms with Gasteiger partial charge in [0.2, 0.25) is 0 Å². The van der Waals surface area contributed by atoms with E-state index in [2.05, 4.69) is 86.8 Å². The lowest BCUT2D eigenvalue weighted by Gasteiger charge is -2.34. The summed E-state index contributed by atoms with van der Waals surface area (Å²) in [6.07, 6.45) is 52.6. The summed E-state index contributed by atoms with van der Waals surface area (Å²) in [6, 6.07) is -0.744. The number of allylic oxidation sites excluding steroid dienone is 18. The maximum Gasteiger partial charge on any atom is 0.306 e. The lowest BCUT2D eigenvalue weighted by molar-refractivity contribution is -0.889. The lowest BCUT2D eigenvalue weighted by Crippen LogP contribution is -2.55. The highest BCUT2D eigenvalue weighted by molar-refractivity contribution is 5.70. The molecule has 0 aromatic carbocycles. The maximum atomic E-state index is 12.7. The van der Waals surface area contributed by atoms with Gasteiger partial charge in [-0.25, -0.2) is 0 Å². The van der Waals surface area contributed by atoms with E-state index in [1.807, 2.05) is 36.5 Å². The topological polar surface area (TPSA) is 102 Å². The summed E-state index contributed by atoms with van der Waals surface area (Å²) in [6.45, 7) is 4.30. The second kappa shape index (κ2) is 38.8. The van der Waals surface area contributed by atoms with Crippen LogP contribution in [0.25, 0.3) is 0 Å². The summed E-state index contributed by atoms with van der Waals surface area (Å²) in [4.78, 5) is 36.8. The number of hydrogen-bond acceptors (Lipinski definition) is 7. The quantitative estimate of drug-likeness (QED) is 0.0205. The maximum absolute atomic E-state index is 12.7. The molecule has 320 valence electrons. The molecule has 2 unspecified atom stereocenters. The van der Waals surface area contributed by atoms with E-state index in [1.165, 1.54) is 0 Å². The molecule has 0 aliphatic carbocycles. The van der Waals surface area contributed by atoms with Crippen LogP contribution in [0.1, 0.15) is 129 Å². The molecular formula is C49H77NO7. The van der Waals surface area contributed by atoms with E-state index in [4.69, 9.17) is 14.2 Å². The van der Waals surface area contributed by atoms with Gasteiger partial charge in [0.05, 0.1) is 40.3 Å². The van der Waals surface area contributed by atoms with Gasteiger partial charge in [0.1, 0.15) is 12.6 Å². The van der Waals surface area contributed by atoms with Gasteiger partial charge in [0.25, 0.3) is 0 Å². The normalized spacial score (nSPS) is 14.1. The Kier molecular flexibility index (Phi) is 36.1. The summed E-state index contributed by atoms with van der Waals surface area (Å²) in [5, 5.41) is 11.6. The SMILES string of the molecule is CC/C=C/C=C/C=C/C=C/CCCCCC(=O)OC(COCCC(C(=O)[O-])[N+](C)(C)C)COC(=O)CCCCCC/C=C/C/C=C/C/C=C/C/C=C/C/C=C/CC. The summed E-state index contributed by atoms with van der Waals surface area (Å²) in [7, 11) is 5.36. The summed E-state index contributed by atoms with van der Waals surface area (Å²) >= 11 is 0. The molecule has 0 heterocycles. The molecule has 0 aromatic heterocycles. The van der Waals surface area contributed by atoms with Gasteiger partial charge in [-0.1, -0.05) is 142 Å². The Balaban J connectivity index is 4.46. The minimum Gasteiger partial charge on any atom is -0.544 e. The highest BCUT2D eigenvalue weighted by Gasteiger charge is 2.25. The molecule has 0 aliphatic heterocycles. The predicted octanol–water partition coefficient (Wildman–Crippen LogP) is 10.4. The van der Waals surface area contributed by atoms with Crippen molar-refractivity contribution in [3.63, 3.8) is 0 Å². The third kappa shape index (κ3) is 37.3. The summed E-state index contributed by atoms with van der Waals surface area (Å²) < 4.78 is 17.1. The number of ether oxygens (including phenoxy) is 3. The number of likely N-dealkylation sites (N-methyl/N-ethyl adjacent to an activating group) is 1. The number of aliphatic carboxylic acids is 1. The number of rotatable bonds is 36. The number of carboxylic acids is 1. The molecule has 0 bridgehead atoms. The van der Waals surface area contributed by atoms with Gasteiger partial charge in [0.15, 0.2) is 6.10 Å². The monoisotopic (exact) mass is 792 g/mol. The molecule has 0 spiro atoms. The van der Waals surface area contributed by atoms with E-state index in [1.54, 1.807) is 21.1 Å². The molecule has 2 atom stereocenters. The molecule has 0 rings (SSSR count). The van der Waals surface area contributed by atoms with Crippen LogP contribution in [0.4, 0.5) is 0 Å². The van der Waals surface area contributed by atoms with Crippen molar-refractivity contribution in [1.29, 1.82) is 0 Å². The fraction of sp³-hybridized carbons (Fsp3) is 0.571. The molecule has 8 nitrogen and oxygen atoms in total. The second-order valence-corrected chi connectivity index (χ2v) is 14.9. The summed E-state index contributed by atoms with van der Waals surface area (Å²) in [5.74, 6) is -1.84. The number of quaternary nitrogens is 1. The van der Waals surface area contributed by atoms with Crippen molar-refractivity contribution in [2.45, 2.75) is 142 Å². The van der Waals surface area contributed by atoms with E-state index < -0.39 is 18.1 Å². The van der Waals surface area contributed by atoms with Gasteiger partial charge in [-0.15, -0.1) is 0 Å². The fourth-order valence-electron chi connectivity index (χ4n) is 5.46. The number of esters is 2. The van der Waals surface area contributed by atoms with Gasteiger partial charge < -0.3 is 28.6 Å². The van der Waals surface area contributed by atoms with Gasteiger partial charge >= 0.3 is 11.9 Å². The average molecular weight is 792 g/mol. The standard InChI is InChI=1S/C49H77NO7/c1-6-8-10-12-14-16-18-20-21-22-23-24-25-26-28-29-31-33-35-37-39-47(51)56-44-45(43-55-42-41-46(49(53)54)50(3,4)5)57-48(52)40-38-36-34-32-30-27-19-17-15-13-11-9-7-2/h8-11,13-17,19-21,23-24,26-28,30,45-46H,6-7,12,18,22,25,29,31-44H2,1-5H3/b10-8+,11-9+,15-13+,16-14+,19-17+,21-20+,24-23+,28-26+,30-27+. The van der Waals surface area contributed by atoms with Crippen LogP contribution in [0.15, 0.2) is 109 Å². The van der Waals surface area contributed by atoms with Crippen LogP contribution in [-0.4, -0.2) is 75.5 Å². The van der Waals surface area contributed by atoms with Crippen molar-refractivity contribution >= 4 is 17.9 Å². The number of nitrogens with zero attached hydrogens (tertiary/aromatic N) is 1. The predicted molar refractivity (Wildman–Crippen MR) is 235 cm³/mol. The fourth-order valence-corrected chi connectivity index (χ4v) is 5.46. The van der Waals surface area contributed by atoms with Crippen LogP contribution in [0.5, 0.6) is 0 Å². The smallest absolute Gasteiger partial charge is 0.306 e. The summed E-state index contributed by atoms with van der Waals surface area (Å²) in [5.41, 5.74) is 0. The van der Waals surface area contributed by atoms with Crippen molar-refractivity contribution < 1.29 is 38.2 Å². The van der Waals surface area contributed by atoms with Crippen LogP contribution in [0.2, 0.25) is 0 Å². The number of hydrogen-bond donors (Lipinski definition) is 0. The zero-order valence-electron chi connectivity index (χ0n) is 36.2. The first-order valence-corrected chi connectivity index (χ1v) is 21.5. The number of carbonyl (C=O) groups excluding carboxylic acids is 3. The molecular weight excluding hydrogens is 715 g/mol. The molecule has 0 saturated heterocycles. The highest BCUT2D eigenvalue weighted by atomic mass is 16.6. The third-order valence-electron chi connectivity index (χ3n) is 8.75. The van der Waals surface area contributed by atoms with Crippen molar-refractivity contribution in [1.82, 2.24) is 0 Å². The van der Waals surface area contributed by atoms with Crippen LogP contribution in [0.3, 0.4) is 0 Å². The van der Waals surface area contributed by atoms with Crippen LogP contribution >= 0.6 is 0 Å². The van der Waals surface area contributed by atoms with E-state index in [-0.39, 0.29) is 49.1 Å². The molecule has 0 fully saturated rings. The third-order valence-corrected chi connectivity index (χ3v) is 8.75. The van der Waals surface area contributed by atoms with Crippen molar-refractivity contribution in [3.8, 4) is 0 Å². The zero-order chi connectivity index (χ0) is 42.1. The van der Waals surface area contributed by atoms with Crippen molar-refractivity contribution in [3.05, 3.63) is 109 Å². The Labute approximate surface area is 347 Å². The Morgan fingerprint density at radius 2 is 1.02 bits per heavy atom. The van der Waals surface area contributed by atoms with Crippen LogP contribution in [-0.2, 0) is 28.6 Å². The molecule has 0 saturated carbocycles. The second-order valence-electron chi connectivity index (χ2n) is 14.9. The van der Waals surface area contributed by atoms with Gasteiger partial charge in [0, 0.05) is 19.3 Å². The van der Waals surface area contributed by atoms with Crippen molar-refractivity contribution in [2.24, 2.45) is 0 Å². The molecule has 0 amide bonds. The number of carbonyl (C=O) groups is 3. The molecule has 0 N–H and O–H groups in total. The van der Waals surface area contributed by atoms with Crippen LogP contribution < -0.4 is 5.11 Å². The molecule has 0 aliphatic rings. The minimum atomic E-state index is -1.14. The van der Waals surface area contributed by atoms with E-state index in [9.17, 15) is 19.5 Å². The van der Waals surface area contributed by atoms with E-state index in [0.717, 1.165) is 89.9 Å². The Bertz CT molecular complexity index is 1290. The van der Waals surface area contributed by atoms with Crippen molar-refractivity contribution in [2.75, 3.05) is 41.0 Å².